The van der Waals surface area contributed by atoms with Gasteiger partial charge in [-0.25, -0.2) is 0 Å². The van der Waals surface area contributed by atoms with E-state index in [1.165, 1.54) is 186 Å². The first-order valence-electron chi connectivity index (χ1n) is 34.6. The Bertz CT molecular complexity index is 1520. The highest BCUT2D eigenvalue weighted by atomic mass is 16.6. The average molecular weight is 1120 g/mol. The second-order valence-electron chi connectivity index (χ2n) is 23.0. The van der Waals surface area contributed by atoms with Gasteiger partial charge < -0.3 is 14.2 Å². The lowest BCUT2D eigenvalue weighted by Crippen LogP contribution is -2.30. The van der Waals surface area contributed by atoms with E-state index in [1.54, 1.807) is 0 Å². The Hall–Kier alpha value is -3.41. The molecule has 0 N–H and O–H groups in total. The van der Waals surface area contributed by atoms with Crippen LogP contribution in [0, 0.1) is 0 Å². The van der Waals surface area contributed by atoms with Crippen LogP contribution in [-0.2, 0) is 28.6 Å². The molecule has 0 heterocycles. The van der Waals surface area contributed by atoms with Crippen LogP contribution >= 0.6 is 0 Å². The molecule has 6 heteroatoms. The van der Waals surface area contributed by atoms with Crippen molar-refractivity contribution in [1.82, 2.24) is 0 Å². The normalized spacial score (nSPS) is 12.6. The van der Waals surface area contributed by atoms with Gasteiger partial charge in [0.2, 0.25) is 0 Å². The van der Waals surface area contributed by atoms with Crippen molar-refractivity contribution in [2.75, 3.05) is 13.2 Å². The molecule has 1 unspecified atom stereocenters. The molecular formula is C74H130O6. The summed E-state index contributed by atoms with van der Waals surface area (Å²) in [4.78, 5) is 38.3. The molecule has 0 saturated carbocycles. The molecule has 462 valence electrons. The Balaban J connectivity index is 4.17. The van der Waals surface area contributed by atoms with Crippen molar-refractivity contribution in [2.24, 2.45) is 0 Å². The molecule has 0 spiro atoms. The molecule has 0 fully saturated rings. The molecule has 80 heavy (non-hydrogen) atoms. The highest BCUT2D eigenvalue weighted by Gasteiger charge is 2.19. The minimum atomic E-state index is -0.806. The molecule has 0 aliphatic rings. The van der Waals surface area contributed by atoms with Crippen molar-refractivity contribution in [3.63, 3.8) is 0 Å². The summed E-state index contributed by atoms with van der Waals surface area (Å²) in [5.41, 5.74) is 0. The topological polar surface area (TPSA) is 78.9 Å². The molecule has 1 atom stereocenters. The fourth-order valence-electron chi connectivity index (χ4n) is 10.0. The quantitative estimate of drug-likeness (QED) is 0.0261. The van der Waals surface area contributed by atoms with E-state index in [2.05, 4.69) is 106 Å². The van der Waals surface area contributed by atoms with Crippen LogP contribution < -0.4 is 0 Å². The Morgan fingerprint density at radius 3 is 0.787 bits per heavy atom. The maximum absolute atomic E-state index is 12.9. The van der Waals surface area contributed by atoms with Crippen molar-refractivity contribution in [1.29, 1.82) is 0 Å². The van der Waals surface area contributed by atoms with E-state index in [9.17, 15) is 14.4 Å². The first-order valence-corrected chi connectivity index (χ1v) is 34.6. The van der Waals surface area contributed by atoms with Gasteiger partial charge in [-0.15, -0.1) is 0 Å². The summed E-state index contributed by atoms with van der Waals surface area (Å²) in [6.45, 7) is 6.41. The smallest absolute Gasteiger partial charge is 0.306 e. The van der Waals surface area contributed by atoms with E-state index < -0.39 is 6.10 Å². The van der Waals surface area contributed by atoms with Gasteiger partial charge in [0.25, 0.3) is 0 Å². The predicted molar refractivity (Wildman–Crippen MR) is 348 cm³/mol. The zero-order valence-corrected chi connectivity index (χ0v) is 53.1. The first-order chi connectivity index (χ1) is 39.5. The summed E-state index contributed by atoms with van der Waals surface area (Å²) in [5.74, 6) is -0.943. The van der Waals surface area contributed by atoms with Crippen LogP contribution in [0.15, 0.2) is 85.1 Å². The van der Waals surface area contributed by atoms with E-state index in [0.29, 0.717) is 19.3 Å². The fraction of sp³-hybridized carbons (Fsp3) is 0.770. The van der Waals surface area contributed by atoms with Crippen LogP contribution in [0.4, 0.5) is 0 Å². The van der Waals surface area contributed by atoms with Gasteiger partial charge in [-0.05, 0) is 89.9 Å². The van der Waals surface area contributed by atoms with E-state index in [-0.39, 0.29) is 37.5 Å². The molecule has 0 aliphatic heterocycles. The van der Waals surface area contributed by atoms with Gasteiger partial charge in [-0.3, -0.25) is 14.4 Å². The number of carbonyl (C=O) groups excluding carboxylic acids is 3. The number of hydrogen-bond acceptors (Lipinski definition) is 6. The monoisotopic (exact) mass is 1110 g/mol. The largest absolute Gasteiger partial charge is 0.462 e. The second kappa shape index (κ2) is 68.1. The molecule has 0 amide bonds. The number of ether oxygens (including phenoxy) is 3. The fourth-order valence-corrected chi connectivity index (χ4v) is 10.0. The van der Waals surface area contributed by atoms with Crippen molar-refractivity contribution in [2.45, 2.75) is 354 Å². The third kappa shape index (κ3) is 65.4. The van der Waals surface area contributed by atoms with Gasteiger partial charge in [-0.1, -0.05) is 324 Å². The number of hydrogen-bond donors (Lipinski definition) is 0. The lowest BCUT2D eigenvalue weighted by atomic mass is 10.0. The van der Waals surface area contributed by atoms with E-state index in [1.807, 2.05) is 0 Å². The van der Waals surface area contributed by atoms with Gasteiger partial charge in [0.1, 0.15) is 13.2 Å². The molecular weight excluding hydrogens is 985 g/mol. The Morgan fingerprint density at radius 2 is 0.487 bits per heavy atom. The van der Waals surface area contributed by atoms with Gasteiger partial charge in [0.05, 0.1) is 0 Å². The Kier molecular flexibility index (Phi) is 65.2. The molecule has 0 aliphatic carbocycles. The van der Waals surface area contributed by atoms with Crippen LogP contribution in [0.25, 0.3) is 0 Å². The summed E-state index contributed by atoms with van der Waals surface area (Å²) >= 11 is 0. The third-order valence-corrected chi connectivity index (χ3v) is 15.1. The summed E-state index contributed by atoms with van der Waals surface area (Å²) in [5, 5.41) is 0. The summed E-state index contributed by atoms with van der Waals surface area (Å²) in [7, 11) is 0. The second-order valence-corrected chi connectivity index (χ2v) is 23.0. The van der Waals surface area contributed by atoms with Crippen LogP contribution in [-0.4, -0.2) is 37.2 Å². The van der Waals surface area contributed by atoms with Gasteiger partial charge in [0.15, 0.2) is 6.10 Å². The zero-order chi connectivity index (χ0) is 57.8. The van der Waals surface area contributed by atoms with Crippen LogP contribution in [0.5, 0.6) is 0 Å². The molecule has 0 aromatic rings. The lowest BCUT2D eigenvalue weighted by Gasteiger charge is -2.18. The standard InChI is InChI=1S/C74H130O6/c1-4-7-10-13-16-19-22-25-28-29-30-31-32-33-34-35-36-37-38-39-40-41-42-43-44-47-49-52-55-58-61-64-67-73(76)79-70-71(80-74(77)68-65-62-59-56-53-50-46-27-24-21-18-15-12-9-6-3)69-78-72(75)66-63-60-57-54-51-48-45-26-23-20-17-14-11-8-5-2/h8-9,11-12,17-18,20-21,26-27,45-46,53,56,71H,4-7,10,13-16,19,22-25,28-44,47-52,54-55,57-70H2,1-3H3/b11-8-,12-9-,20-17-,21-18-,45-26-,46-27-,56-53-. The highest BCUT2D eigenvalue weighted by molar-refractivity contribution is 5.71. The van der Waals surface area contributed by atoms with Crippen LogP contribution in [0.1, 0.15) is 348 Å². The van der Waals surface area contributed by atoms with Crippen LogP contribution in [0.2, 0.25) is 0 Å². The van der Waals surface area contributed by atoms with Crippen LogP contribution in [0.3, 0.4) is 0 Å². The first kappa shape index (κ1) is 76.6. The SMILES string of the molecule is CC/C=C\C/C=C\C/C=C\C/C=C\CCCCC(=O)OC(COC(=O)CCCCCCC/C=C\C/C=C\C/C=C\CC)COC(=O)CCCCCCCCCCCCCCCCCCCCCCCCCCCCCCCCCC. The maximum atomic E-state index is 12.9. The lowest BCUT2D eigenvalue weighted by molar-refractivity contribution is -0.167. The molecule has 6 nitrogen and oxygen atoms in total. The van der Waals surface area contributed by atoms with Gasteiger partial charge in [-0.2, -0.15) is 0 Å². The molecule has 0 aromatic carbocycles. The number of allylic oxidation sites excluding steroid dienone is 14. The predicted octanol–water partition coefficient (Wildman–Crippen LogP) is 23.8. The number of unbranched alkanes of at least 4 members (excludes halogenated alkanes) is 38. The third-order valence-electron chi connectivity index (χ3n) is 15.1. The minimum absolute atomic E-state index is 0.0968. The number of carbonyl (C=O) groups is 3. The molecule has 0 saturated heterocycles. The van der Waals surface area contributed by atoms with Crippen molar-refractivity contribution in [3.05, 3.63) is 85.1 Å². The van der Waals surface area contributed by atoms with Crippen molar-refractivity contribution in [3.8, 4) is 0 Å². The summed E-state index contributed by atoms with van der Waals surface area (Å²) < 4.78 is 16.9. The Morgan fingerprint density at radius 1 is 0.263 bits per heavy atom. The highest BCUT2D eigenvalue weighted by Crippen LogP contribution is 2.18. The maximum Gasteiger partial charge on any atom is 0.306 e. The van der Waals surface area contributed by atoms with E-state index in [4.69, 9.17) is 14.2 Å². The Labute approximate surface area is 496 Å². The summed E-state index contributed by atoms with van der Waals surface area (Å²) in [6, 6.07) is 0. The molecule has 0 radical (unpaired) electrons. The average Bonchev–Trinajstić information content (AvgIpc) is 3.46. The zero-order valence-electron chi connectivity index (χ0n) is 53.1. The van der Waals surface area contributed by atoms with Gasteiger partial charge >= 0.3 is 17.9 Å². The summed E-state index contributed by atoms with van der Waals surface area (Å²) in [6.07, 6.45) is 90.7. The van der Waals surface area contributed by atoms with E-state index in [0.717, 1.165) is 116 Å². The number of esters is 3. The molecule has 0 rings (SSSR count). The van der Waals surface area contributed by atoms with Crippen molar-refractivity contribution < 1.29 is 28.6 Å². The molecule has 0 aromatic heterocycles. The van der Waals surface area contributed by atoms with Crippen molar-refractivity contribution >= 4 is 17.9 Å². The van der Waals surface area contributed by atoms with E-state index >= 15 is 0 Å². The van der Waals surface area contributed by atoms with Gasteiger partial charge in [0, 0.05) is 19.3 Å². The molecule has 0 bridgehead atoms. The number of rotatable bonds is 63. The minimum Gasteiger partial charge on any atom is -0.462 e.